The molecule has 86 valence electrons. The van der Waals surface area contributed by atoms with Crippen molar-refractivity contribution in [1.82, 2.24) is 0 Å². The number of aryl methyl sites for hydroxylation is 1. The van der Waals surface area contributed by atoms with Crippen molar-refractivity contribution >= 4 is 21.9 Å². The molecule has 0 spiro atoms. The van der Waals surface area contributed by atoms with E-state index in [2.05, 4.69) is 28.9 Å². The summed E-state index contributed by atoms with van der Waals surface area (Å²) >= 11 is 3.63. The van der Waals surface area contributed by atoms with Crippen LogP contribution in [0.4, 0.5) is 0 Å². The second kappa shape index (κ2) is 4.58. The maximum Gasteiger partial charge on any atom is 0.302 e. The summed E-state index contributed by atoms with van der Waals surface area (Å²) < 4.78 is 6.16. The Hall–Kier alpha value is -0.830. The lowest BCUT2D eigenvalue weighted by molar-refractivity contribution is -0.142. The average molecular weight is 283 g/mol. The predicted octanol–water partition coefficient (Wildman–Crippen LogP) is 3.70. The fraction of sp³-hybridized carbons (Fsp3) is 0.462. The van der Waals surface area contributed by atoms with Gasteiger partial charge in [-0.25, -0.2) is 0 Å². The summed E-state index contributed by atoms with van der Waals surface area (Å²) in [5.41, 5.74) is 3.77. The van der Waals surface area contributed by atoms with E-state index in [4.69, 9.17) is 4.74 Å². The van der Waals surface area contributed by atoms with Crippen LogP contribution in [0.5, 0.6) is 0 Å². The van der Waals surface area contributed by atoms with Gasteiger partial charge in [0, 0.05) is 17.0 Å². The molecule has 0 aliphatic heterocycles. The summed E-state index contributed by atoms with van der Waals surface area (Å²) in [6, 6.07) is 4.13. The highest BCUT2D eigenvalue weighted by Crippen LogP contribution is 2.45. The second-order valence-corrected chi connectivity index (χ2v) is 5.12. The molecule has 1 aromatic rings. The molecule has 0 bridgehead atoms. The summed E-state index contributed by atoms with van der Waals surface area (Å²) in [6.07, 6.45) is 2.55. The van der Waals surface area contributed by atoms with Gasteiger partial charge >= 0.3 is 5.97 Å². The van der Waals surface area contributed by atoms with E-state index in [1.165, 1.54) is 30.9 Å². The van der Waals surface area contributed by atoms with Gasteiger partial charge in [0.05, 0.1) is 0 Å². The van der Waals surface area contributed by atoms with Gasteiger partial charge in [-0.2, -0.15) is 0 Å². The van der Waals surface area contributed by atoms with Crippen LogP contribution in [0, 0.1) is 6.92 Å². The molecule has 16 heavy (non-hydrogen) atoms. The molecule has 2 nitrogen and oxygen atoms in total. The van der Waals surface area contributed by atoms with Crippen LogP contribution in [0.2, 0.25) is 0 Å². The topological polar surface area (TPSA) is 26.3 Å². The van der Waals surface area contributed by atoms with Crippen molar-refractivity contribution in [3.63, 3.8) is 0 Å². The molecular weight excluding hydrogens is 268 g/mol. The maximum absolute atomic E-state index is 10.8. The van der Waals surface area contributed by atoms with Gasteiger partial charge in [0.15, 0.2) is 0 Å². The molecule has 3 heteroatoms. The fourth-order valence-electron chi connectivity index (χ4n) is 1.90. The smallest absolute Gasteiger partial charge is 0.302 e. The number of ether oxygens (including phenoxy) is 1. The molecule has 0 radical (unpaired) electrons. The second-order valence-electron chi connectivity index (χ2n) is 4.32. The van der Waals surface area contributed by atoms with Crippen molar-refractivity contribution in [3.8, 4) is 0 Å². The van der Waals surface area contributed by atoms with E-state index < -0.39 is 0 Å². The SMILES string of the molecule is CC(=O)OCc1ccc(C)c(C2CC2)c1Br. The van der Waals surface area contributed by atoms with Crippen LogP contribution in [0.15, 0.2) is 16.6 Å². The number of hydrogen-bond acceptors (Lipinski definition) is 2. The Kier molecular flexibility index (Phi) is 3.33. The van der Waals surface area contributed by atoms with E-state index in [1.807, 2.05) is 6.07 Å². The number of halogens is 1. The molecular formula is C13H15BrO2. The third-order valence-corrected chi connectivity index (χ3v) is 3.83. The molecule has 1 aromatic carbocycles. The zero-order chi connectivity index (χ0) is 11.7. The van der Waals surface area contributed by atoms with Crippen molar-refractivity contribution in [2.75, 3.05) is 0 Å². The van der Waals surface area contributed by atoms with Gasteiger partial charge in [-0.15, -0.1) is 0 Å². The largest absolute Gasteiger partial charge is 0.461 e. The van der Waals surface area contributed by atoms with Gasteiger partial charge < -0.3 is 4.74 Å². The lowest BCUT2D eigenvalue weighted by atomic mass is 10.0. The molecule has 0 saturated heterocycles. The van der Waals surface area contributed by atoms with E-state index in [0.717, 1.165) is 10.0 Å². The first-order valence-corrected chi connectivity index (χ1v) is 6.30. The van der Waals surface area contributed by atoms with Crippen LogP contribution in [0.3, 0.4) is 0 Å². The molecule has 1 aliphatic rings. The van der Waals surface area contributed by atoms with Gasteiger partial charge in [0.25, 0.3) is 0 Å². The Bertz CT molecular complexity index is 422. The minimum absolute atomic E-state index is 0.236. The third-order valence-electron chi connectivity index (χ3n) is 2.89. The van der Waals surface area contributed by atoms with Crippen molar-refractivity contribution < 1.29 is 9.53 Å². The lowest BCUT2D eigenvalue weighted by Crippen LogP contribution is -2.01. The van der Waals surface area contributed by atoms with Crippen molar-refractivity contribution in [3.05, 3.63) is 33.3 Å². The van der Waals surface area contributed by atoms with E-state index in [1.54, 1.807) is 0 Å². The van der Waals surface area contributed by atoms with Gasteiger partial charge in [-0.3, -0.25) is 4.79 Å². The normalized spacial score (nSPS) is 14.9. The molecule has 0 amide bonds. The summed E-state index contributed by atoms with van der Waals surface area (Å²) in [5, 5.41) is 0. The summed E-state index contributed by atoms with van der Waals surface area (Å²) in [6.45, 7) is 3.92. The minimum Gasteiger partial charge on any atom is -0.461 e. The quantitative estimate of drug-likeness (QED) is 0.791. The Morgan fingerprint density at radius 2 is 2.19 bits per heavy atom. The Balaban J connectivity index is 2.25. The highest BCUT2D eigenvalue weighted by atomic mass is 79.9. The molecule has 0 atom stereocenters. The summed E-state index contributed by atoms with van der Waals surface area (Å²) in [7, 11) is 0. The van der Waals surface area contributed by atoms with Crippen LogP contribution in [-0.4, -0.2) is 5.97 Å². The minimum atomic E-state index is -0.236. The molecule has 2 rings (SSSR count). The van der Waals surface area contributed by atoms with Gasteiger partial charge in [-0.05, 0) is 36.8 Å². The summed E-state index contributed by atoms with van der Waals surface area (Å²) in [5.74, 6) is 0.465. The highest BCUT2D eigenvalue weighted by Gasteiger charge is 2.28. The third kappa shape index (κ3) is 2.46. The van der Waals surface area contributed by atoms with Crippen LogP contribution in [0.1, 0.15) is 42.4 Å². The van der Waals surface area contributed by atoms with Crippen molar-refractivity contribution in [2.45, 2.75) is 39.2 Å². The van der Waals surface area contributed by atoms with Gasteiger partial charge in [0.1, 0.15) is 6.61 Å². The zero-order valence-electron chi connectivity index (χ0n) is 9.55. The van der Waals surface area contributed by atoms with Crippen LogP contribution < -0.4 is 0 Å². The molecule has 1 saturated carbocycles. The molecule has 1 aliphatic carbocycles. The number of hydrogen-bond donors (Lipinski definition) is 0. The van der Waals surface area contributed by atoms with Gasteiger partial charge in [-0.1, -0.05) is 28.1 Å². The fourth-order valence-corrected chi connectivity index (χ4v) is 2.78. The number of benzene rings is 1. The predicted molar refractivity (Wildman–Crippen MR) is 66.3 cm³/mol. The zero-order valence-corrected chi connectivity index (χ0v) is 11.1. The first-order chi connectivity index (χ1) is 7.59. The number of carbonyl (C=O) groups is 1. The van der Waals surface area contributed by atoms with Gasteiger partial charge in [0.2, 0.25) is 0 Å². The standard InChI is InChI=1S/C13H15BrO2/c1-8-3-4-11(7-16-9(2)15)13(14)12(8)10-5-6-10/h3-4,10H,5-7H2,1-2H3. The number of carbonyl (C=O) groups excluding carboxylic acids is 1. The number of esters is 1. The average Bonchev–Trinajstić information content (AvgIpc) is 3.00. The Morgan fingerprint density at radius 3 is 2.75 bits per heavy atom. The van der Waals surface area contributed by atoms with Crippen LogP contribution in [-0.2, 0) is 16.1 Å². The van der Waals surface area contributed by atoms with Crippen molar-refractivity contribution in [1.29, 1.82) is 0 Å². The number of rotatable bonds is 3. The first kappa shape index (κ1) is 11.6. The summed E-state index contributed by atoms with van der Waals surface area (Å²) in [4.78, 5) is 10.8. The molecule has 0 unspecified atom stereocenters. The maximum atomic E-state index is 10.8. The Morgan fingerprint density at radius 1 is 1.50 bits per heavy atom. The van der Waals surface area contributed by atoms with E-state index in [0.29, 0.717) is 12.5 Å². The van der Waals surface area contributed by atoms with E-state index in [-0.39, 0.29) is 5.97 Å². The highest BCUT2D eigenvalue weighted by molar-refractivity contribution is 9.10. The monoisotopic (exact) mass is 282 g/mol. The Labute approximate surface area is 104 Å². The lowest BCUT2D eigenvalue weighted by Gasteiger charge is -2.12. The van der Waals surface area contributed by atoms with E-state index in [9.17, 15) is 4.79 Å². The molecule has 1 fully saturated rings. The van der Waals surface area contributed by atoms with Crippen LogP contribution >= 0.6 is 15.9 Å². The molecule has 0 heterocycles. The van der Waals surface area contributed by atoms with E-state index >= 15 is 0 Å². The van der Waals surface area contributed by atoms with Crippen LogP contribution in [0.25, 0.3) is 0 Å². The van der Waals surface area contributed by atoms with Crippen molar-refractivity contribution in [2.24, 2.45) is 0 Å². The molecule has 0 N–H and O–H groups in total. The first-order valence-electron chi connectivity index (χ1n) is 5.51. The molecule has 0 aromatic heterocycles.